The topological polar surface area (TPSA) is 93.2 Å². The van der Waals surface area contributed by atoms with E-state index in [0.717, 1.165) is 31.2 Å². The number of rotatable bonds is 10. The molecule has 6 nitrogen and oxygen atoms in total. The second-order valence-corrected chi connectivity index (χ2v) is 11.2. The number of sulfone groups is 1. The first-order chi connectivity index (χ1) is 16.9. The third-order valence-electron chi connectivity index (χ3n) is 6.49. The van der Waals surface area contributed by atoms with Gasteiger partial charge in [0.2, 0.25) is 5.91 Å². The highest BCUT2D eigenvalue weighted by Crippen LogP contribution is 2.28. The Hall–Kier alpha value is -3.32. The van der Waals surface area contributed by atoms with Crippen LogP contribution in [-0.4, -0.2) is 30.8 Å². The van der Waals surface area contributed by atoms with E-state index in [2.05, 4.69) is 10.3 Å². The molecule has 35 heavy (non-hydrogen) atoms. The number of amides is 1. The molecule has 4 rings (SSSR count). The highest BCUT2D eigenvalue weighted by molar-refractivity contribution is 7.91. The summed E-state index contributed by atoms with van der Waals surface area (Å²) in [4.78, 5) is 30.4. The molecule has 2 aromatic carbocycles. The molecule has 1 amide bonds. The van der Waals surface area contributed by atoms with Crippen LogP contribution in [-0.2, 0) is 21.1 Å². The van der Waals surface area contributed by atoms with E-state index >= 15 is 0 Å². The van der Waals surface area contributed by atoms with Crippen molar-refractivity contribution in [3.63, 3.8) is 0 Å². The van der Waals surface area contributed by atoms with Crippen molar-refractivity contribution in [1.29, 1.82) is 0 Å². The van der Waals surface area contributed by atoms with E-state index in [1.165, 1.54) is 0 Å². The molecule has 1 aliphatic rings. The maximum Gasteiger partial charge on any atom is 0.228 e. The average molecular weight is 493 g/mol. The maximum atomic E-state index is 13.2. The largest absolute Gasteiger partial charge is 0.326 e. The summed E-state index contributed by atoms with van der Waals surface area (Å²) in [5.74, 6) is -0.685. The first-order valence-electron chi connectivity index (χ1n) is 12.0. The van der Waals surface area contributed by atoms with Crippen LogP contribution in [0.25, 0.3) is 0 Å². The lowest BCUT2D eigenvalue weighted by Gasteiger charge is -2.17. The minimum atomic E-state index is -3.36. The number of anilines is 1. The van der Waals surface area contributed by atoms with Crippen LogP contribution >= 0.6 is 0 Å². The van der Waals surface area contributed by atoms with Crippen molar-refractivity contribution >= 4 is 27.2 Å². The number of ketones is 1. The zero-order valence-corrected chi connectivity index (χ0v) is 20.4. The Labute approximate surface area is 208 Å². The predicted molar refractivity (Wildman–Crippen MR) is 138 cm³/mol. The minimum Gasteiger partial charge on any atom is -0.326 e. The molecule has 7 heteroatoms. The first-order valence-corrected chi connectivity index (χ1v) is 13.7. The molecule has 0 saturated heterocycles. The van der Waals surface area contributed by atoms with Crippen molar-refractivity contribution in [3.8, 4) is 0 Å². The van der Waals surface area contributed by atoms with Crippen LogP contribution in [0.15, 0.2) is 83.9 Å². The normalized spacial score (nSPS) is 15.0. The van der Waals surface area contributed by atoms with E-state index in [0.29, 0.717) is 17.8 Å². The number of benzene rings is 2. The smallest absolute Gasteiger partial charge is 0.228 e. The molecule has 0 bridgehead atoms. The molecule has 1 aromatic heterocycles. The van der Waals surface area contributed by atoms with Gasteiger partial charge in [-0.3, -0.25) is 14.6 Å². The van der Waals surface area contributed by atoms with E-state index in [1.807, 2.05) is 30.3 Å². The molecule has 0 unspecified atom stereocenters. The van der Waals surface area contributed by atoms with Gasteiger partial charge in [0, 0.05) is 25.6 Å². The Kier molecular flexibility index (Phi) is 8.08. The summed E-state index contributed by atoms with van der Waals surface area (Å²) in [7, 11) is -3.36. The standard InChI is InChI=1S/C28H30N2O4S.H2/c31-27(26-12-6-7-17-29-26)19-23(18-21-8-2-1-3-9-21)28(32)30-24-13-15-25(16-14-24)35(33,34)20-22-10-4-5-11-22;/h1-3,6-9,12-17,22-23H,4-5,10-11,18-20H2,(H,30,32);1H/t23-;/m1./s1. The lowest BCUT2D eigenvalue weighted by molar-refractivity contribution is -0.119. The lowest BCUT2D eigenvalue weighted by atomic mass is 9.92. The molecule has 1 N–H and O–H groups in total. The molecular weight excluding hydrogens is 460 g/mol. The quantitative estimate of drug-likeness (QED) is 0.385. The van der Waals surface area contributed by atoms with Crippen LogP contribution in [0.4, 0.5) is 5.69 Å². The number of carbonyl (C=O) groups excluding carboxylic acids is 2. The fraction of sp³-hybridized carbons (Fsp3) is 0.321. The second-order valence-electron chi connectivity index (χ2n) is 9.17. The van der Waals surface area contributed by atoms with Gasteiger partial charge >= 0.3 is 0 Å². The highest BCUT2D eigenvalue weighted by atomic mass is 32.2. The zero-order chi connectivity index (χ0) is 24.7. The van der Waals surface area contributed by atoms with Gasteiger partial charge in [0.25, 0.3) is 0 Å². The van der Waals surface area contributed by atoms with Crippen LogP contribution in [0.5, 0.6) is 0 Å². The Morgan fingerprint density at radius 3 is 2.29 bits per heavy atom. The van der Waals surface area contributed by atoms with Crippen LogP contribution in [0, 0.1) is 11.8 Å². The number of hydrogen-bond acceptors (Lipinski definition) is 5. The van der Waals surface area contributed by atoms with Gasteiger partial charge in [-0.1, -0.05) is 49.2 Å². The van der Waals surface area contributed by atoms with Crippen molar-refractivity contribution < 1.29 is 19.4 Å². The van der Waals surface area contributed by atoms with E-state index in [9.17, 15) is 18.0 Å². The third-order valence-corrected chi connectivity index (χ3v) is 8.39. The summed E-state index contributed by atoms with van der Waals surface area (Å²) in [5, 5.41) is 2.86. The molecule has 1 fully saturated rings. The van der Waals surface area contributed by atoms with Gasteiger partial charge in [0.1, 0.15) is 5.69 Å². The van der Waals surface area contributed by atoms with Crippen molar-refractivity contribution in [3.05, 3.63) is 90.3 Å². The number of pyridine rings is 1. The molecule has 0 radical (unpaired) electrons. The average Bonchev–Trinajstić information content (AvgIpc) is 3.37. The number of nitrogens with zero attached hydrogens (tertiary/aromatic N) is 1. The second kappa shape index (κ2) is 11.4. The van der Waals surface area contributed by atoms with Gasteiger partial charge in [-0.2, -0.15) is 0 Å². The Morgan fingerprint density at radius 2 is 1.63 bits per heavy atom. The Bertz CT molecular complexity index is 1240. The summed E-state index contributed by atoms with van der Waals surface area (Å²) in [6, 6.07) is 21.0. The van der Waals surface area contributed by atoms with Gasteiger partial charge in [0.05, 0.1) is 10.6 Å². The molecule has 184 valence electrons. The fourth-order valence-corrected chi connectivity index (χ4v) is 6.28. The molecular formula is C28H32N2O4S. The van der Waals surface area contributed by atoms with Crippen LogP contribution in [0.2, 0.25) is 0 Å². The number of nitrogens with one attached hydrogen (secondary N) is 1. The number of carbonyl (C=O) groups is 2. The molecule has 1 atom stereocenters. The lowest BCUT2D eigenvalue weighted by Crippen LogP contribution is -2.27. The third kappa shape index (κ3) is 6.85. The predicted octanol–water partition coefficient (Wildman–Crippen LogP) is 5.36. The zero-order valence-electron chi connectivity index (χ0n) is 19.6. The fourth-order valence-electron chi connectivity index (χ4n) is 4.59. The maximum absolute atomic E-state index is 13.2. The van der Waals surface area contributed by atoms with Crippen molar-refractivity contribution in [2.75, 3.05) is 11.1 Å². The van der Waals surface area contributed by atoms with E-state index in [1.54, 1.807) is 48.7 Å². The van der Waals surface area contributed by atoms with Gasteiger partial charge in [-0.25, -0.2) is 8.42 Å². The summed E-state index contributed by atoms with van der Waals surface area (Å²) in [6.07, 6.45) is 6.10. The molecule has 3 aromatic rings. The van der Waals surface area contributed by atoms with Gasteiger partial charge in [0.15, 0.2) is 15.6 Å². The number of hydrogen-bond donors (Lipinski definition) is 1. The van der Waals surface area contributed by atoms with Crippen LogP contribution in [0.1, 0.15) is 49.6 Å². The molecule has 0 aliphatic heterocycles. The van der Waals surface area contributed by atoms with Crippen LogP contribution < -0.4 is 5.32 Å². The highest BCUT2D eigenvalue weighted by Gasteiger charge is 2.26. The molecule has 1 heterocycles. The Morgan fingerprint density at radius 1 is 0.943 bits per heavy atom. The summed E-state index contributed by atoms with van der Waals surface area (Å²) >= 11 is 0. The van der Waals surface area contributed by atoms with Gasteiger partial charge < -0.3 is 5.32 Å². The van der Waals surface area contributed by atoms with Crippen LogP contribution in [0.3, 0.4) is 0 Å². The molecule has 0 spiro atoms. The SMILES string of the molecule is O=C(C[C@@H](Cc1ccccc1)C(=O)Nc1ccc(S(=O)(=O)CC2CCCC2)cc1)c1ccccn1.[HH]. The summed E-state index contributed by atoms with van der Waals surface area (Å²) in [6.45, 7) is 0. The summed E-state index contributed by atoms with van der Waals surface area (Å²) < 4.78 is 25.5. The van der Waals surface area contributed by atoms with Crippen molar-refractivity contribution in [2.24, 2.45) is 11.8 Å². The van der Waals surface area contributed by atoms with E-state index < -0.39 is 15.8 Å². The molecule has 1 aliphatic carbocycles. The molecule has 1 saturated carbocycles. The van der Waals surface area contributed by atoms with Crippen molar-refractivity contribution in [1.82, 2.24) is 4.98 Å². The minimum absolute atomic E-state index is 0. The van der Waals surface area contributed by atoms with E-state index in [4.69, 9.17) is 0 Å². The van der Waals surface area contributed by atoms with Crippen molar-refractivity contribution in [2.45, 2.75) is 43.4 Å². The van der Waals surface area contributed by atoms with Gasteiger partial charge in [-0.15, -0.1) is 0 Å². The van der Waals surface area contributed by atoms with Gasteiger partial charge in [-0.05, 0) is 67.1 Å². The number of aromatic nitrogens is 1. The summed E-state index contributed by atoms with van der Waals surface area (Å²) in [5.41, 5.74) is 1.78. The van der Waals surface area contributed by atoms with E-state index in [-0.39, 0.29) is 36.1 Å². The Balaban J connectivity index is 0.00000361. The number of Topliss-reactive ketones (excluding diaryl/α,β-unsaturated/α-hetero) is 1. The first kappa shape index (κ1) is 24.8. The monoisotopic (exact) mass is 492 g/mol.